The number of rotatable bonds is 5. The summed E-state index contributed by atoms with van der Waals surface area (Å²) in [6.45, 7) is 0. The number of imidazole rings is 1. The van der Waals surface area contributed by atoms with Gasteiger partial charge in [-0.2, -0.15) is 0 Å². The van der Waals surface area contributed by atoms with Crippen molar-refractivity contribution >= 4 is 34.2 Å². The molecule has 3 aromatic carbocycles. The molecule has 6 nitrogen and oxygen atoms in total. The molecule has 1 N–H and O–H groups in total. The lowest BCUT2D eigenvalue weighted by molar-refractivity contribution is 0.102. The van der Waals surface area contributed by atoms with E-state index in [0.717, 1.165) is 16.7 Å². The quantitative estimate of drug-likeness (QED) is 0.508. The molecule has 29 heavy (non-hydrogen) atoms. The Balaban J connectivity index is 1.56. The van der Waals surface area contributed by atoms with E-state index in [2.05, 4.69) is 10.3 Å². The van der Waals surface area contributed by atoms with E-state index in [1.807, 2.05) is 53.1 Å². The van der Waals surface area contributed by atoms with Gasteiger partial charge in [-0.3, -0.25) is 9.36 Å². The Kier molecular flexibility index (Phi) is 5.10. The number of carbonyl (C=O) groups excluding carboxylic acids is 1. The van der Waals surface area contributed by atoms with E-state index in [9.17, 15) is 4.79 Å². The van der Waals surface area contributed by atoms with Gasteiger partial charge in [-0.25, -0.2) is 4.98 Å². The van der Waals surface area contributed by atoms with Crippen LogP contribution >= 0.6 is 11.6 Å². The summed E-state index contributed by atoms with van der Waals surface area (Å²) in [5.41, 5.74) is 3.93. The van der Waals surface area contributed by atoms with Gasteiger partial charge in [0.05, 0.1) is 30.3 Å². The monoisotopic (exact) mass is 407 g/mol. The Morgan fingerprint density at radius 2 is 1.79 bits per heavy atom. The second kappa shape index (κ2) is 7.85. The summed E-state index contributed by atoms with van der Waals surface area (Å²) in [5, 5.41) is 3.17. The average Bonchev–Trinajstić information content (AvgIpc) is 3.17. The predicted octanol–water partition coefficient (Wildman–Crippen LogP) is 4.95. The van der Waals surface area contributed by atoms with Crippen LogP contribution in [0.1, 0.15) is 10.4 Å². The third-order valence-corrected chi connectivity index (χ3v) is 4.83. The number of aromatic nitrogens is 2. The molecule has 1 heterocycles. The first kappa shape index (κ1) is 18.8. The van der Waals surface area contributed by atoms with E-state index >= 15 is 0 Å². The highest BCUT2D eigenvalue weighted by Gasteiger charge is 2.15. The Bertz CT molecular complexity index is 1190. The van der Waals surface area contributed by atoms with Crippen molar-refractivity contribution < 1.29 is 14.3 Å². The molecule has 146 valence electrons. The number of para-hydroxylation sites is 2. The van der Waals surface area contributed by atoms with Gasteiger partial charge in [0.25, 0.3) is 5.91 Å². The molecule has 7 heteroatoms. The van der Waals surface area contributed by atoms with Crippen LogP contribution in [0.15, 0.2) is 67.0 Å². The van der Waals surface area contributed by atoms with Crippen molar-refractivity contribution in [3.63, 3.8) is 0 Å². The largest absolute Gasteiger partial charge is 0.493 e. The fourth-order valence-electron chi connectivity index (χ4n) is 3.12. The van der Waals surface area contributed by atoms with Gasteiger partial charge in [0.1, 0.15) is 6.33 Å². The molecule has 0 spiro atoms. The smallest absolute Gasteiger partial charge is 0.255 e. The first-order valence-corrected chi connectivity index (χ1v) is 9.24. The highest BCUT2D eigenvalue weighted by atomic mass is 35.5. The number of nitrogens with zero attached hydrogens (tertiary/aromatic N) is 2. The molecular formula is C22H18ClN3O3. The lowest BCUT2D eigenvalue weighted by Gasteiger charge is -2.12. The summed E-state index contributed by atoms with van der Waals surface area (Å²) in [6, 6.07) is 18.6. The number of anilines is 1. The van der Waals surface area contributed by atoms with E-state index < -0.39 is 0 Å². The van der Waals surface area contributed by atoms with Crippen LogP contribution < -0.4 is 14.8 Å². The molecule has 1 amide bonds. The number of carbonyl (C=O) groups is 1. The highest BCUT2D eigenvalue weighted by molar-refractivity contribution is 6.32. The molecule has 0 fully saturated rings. The Morgan fingerprint density at radius 1 is 1.03 bits per heavy atom. The normalized spacial score (nSPS) is 10.7. The number of methoxy groups -OCH3 is 2. The molecule has 4 rings (SSSR count). The second-order valence-corrected chi connectivity index (χ2v) is 6.71. The Labute approximate surface area is 172 Å². The highest BCUT2D eigenvalue weighted by Crippen LogP contribution is 2.36. The van der Waals surface area contributed by atoms with Crippen molar-refractivity contribution in [3.05, 3.63) is 77.6 Å². The van der Waals surface area contributed by atoms with E-state index in [0.29, 0.717) is 27.8 Å². The molecule has 0 unspecified atom stereocenters. The third kappa shape index (κ3) is 3.62. The number of ether oxygens (including phenoxy) is 2. The number of halogens is 1. The van der Waals surface area contributed by atoms with Gasteiger partial charge in [-0.05, 0) is 48.5 Å². The Hall–Kier alpha value is -3.51. The first-order valence-electron chi connectivity index (χ1n) is 8.86. The van der Waals surface area contributed by atoms with E-state index in [1.165, 1.54) is 14.2 Å². The SMILES string of the molecule is COc1cc(C(=O)Nc2ccc(-n3cnc4ccccc43)cc2)cc(Cl)c1OC. The van der Waals surface area contributed by atoms with Crippen LogP contribution in [0.5, 0.6) is 11.5 Å². The molecule has 0 bridgehead atoms. The van der Waals surface area contributed by atoms with Gasteiger partial charge in [0.2, 0.25) is 0 Å². The molecule has 1 aromatic heterocycles. The Morgan fingerprint density at radius 3 is 2.52 bits per heavy atom. The maximum atomic E-state index is 12.6. The van der Waals surface area contributed by atoms with Gasteiger partial charge < -0.3 is 14.8 Å². The minimum Gasteiger partial charge on any atom is -0.493 e. The number of benzene rings is 3. The molecular weight excluding hydrogens is 390 g/mol. The number of fused-ring (bicyclic) bond motifs is 1. The summed E-state index contributed by atoms with van der Waals surface area (Å²) in [7, 11) is 2.99. The molecule has 4 aromatic rings. The third-order valence-electron chi connectivity index (χ3n) is 4.55. The summed E-state index contributed by atoms with van der Waals surface area (Å²) >= 11 is 6.19. The molecule has 0 aliphatic carbocycles. The van der Waals surface area contributed by atoms with Gasteiger partial charge >= 0.3 is 0 Å². The standard InChI is InChI=1S/C22H18ClN3O3/c1-28-20-12-14(11-17(23)21(20)29-2)22(27)25-15-7-9-16(10-8-15)26-13-24-18-5-3-4-6-19(18)26/h3-13H,1-2H3,(H,25,27). The van der Waals surface area contributed by atoms with Crippen LogP contribution in [0, 0.1) is 0 Å². The number of hydrogen-bond acceptors (Lipinski definition) is 4. The fraction of sp³-hybridized carbons (Fsp3) is 0.0909. The van der Waals surface area contributed by atoms with Gasteiger partial charge in [0.15, 0.2) is 11.5 Å². The zero-order valence-electron chi connectivity index (χ0n) is 15.8. The van der Waals surface area contributed by atoms with Crippen molar-refractivity contribution in [2.24, 2.45) is 0 Å². The maximum Gasteiger partial charge on any atom is 0.255 e. The van der Waals surface area contributed by atoms with E-state index in [4.69, 9.17) is 21.1 Å². The zero-order valence-corrected chi connectivity index (χ0v) is 16.6. The lowest BCUT2D eigenvalue weighted by Crippen LogP contribution is -2.12. The topological polar surface area (TPSA) is 65.4 Å². The van der Waals surface area contributed by atoms with Crippen molar-refractivity contribution in [2.45, 2.75) is 0 Å². The van der Waals surface area contributed by atoms with Crippen molar-refractivity contribution in [1.82, 2.24) is 9.55 Å². The minimum absolute atomic E-state index is 0.298. The van der Waals surface area contributed by atoms with Crippen LogP contribution in [0.3, 0.4) is 0 Å². The molecule has 0 saturated heterocycles. The summed E-state index contributed by atoms with van der Waals surface area (Å²) in [6.07, 6.45) is 1.78. The molecule has 0 radical (unpaired) electrons. The van der Waals surface area contributed by atoms with Crippen LogP contribution in [0.4, 0.5) is 5.69 Å². The van der Waals surface area contributed by atoms with Crippen LogP contribution in [-0.2, 0) is 0 Å². The van der Waals surface area contributed by atoms with Gasteiger partial charge in [-0.15, -0.1) is 0 Å². The number of amides is 1. The van der Waals surface area contributed by atoms with Crippen molar-refractivity contribution in [2.75, 3.05) is 19.5 Å². The maximum absolute atomic E-state index is 12.6. The van der Waals surface area contributed by atoms with Crippen LogP contribution in [-0.4, -0.2) is 29.7 Å². The predicted molar refractivity (Wildman–Crippen MR) is 114 cm³/mol. The van der Waals surface area contributed by atoms with Gasteiger partial charge in [0, 0.05) is 16.9 Å². The molecule has 0 atom stereocenters. The summed E-state index contributed by atoms with van der Waals surface area (Å²) < 4.78 is 12.5. The molecule has 0 aliphatic rings. The average molecular weight is 408 g/mol. The second-order valence-electron chi connectivity index (χ2n) is 6.30. The van der Waals surface area contributed by atoms with E-state index in [-0.39, 0.29) is 5.91 Å². The number of nitrogens with one attached hydrogen (secondary N) is 1. The fourth-order valence-corrected chi connectivity index (χ4v) is 3.41. The van der Waals surface area contributed by atoms with Crippen LogP contribution in [0.25, 0.3) is 16.7 Å². The van der Waals surface area contributed by atoms with Crippen molar-refractivity contribution in [3.8, 4) is 17.2 Å². The first-order chi connectivity index (χ1) is 14.1. The minimum atomic E-state index is -0.298. The molecule has 0 aliphatic heterocycles. The van der Waals surface area contributed by atoms with Crippen molar-refractivity contribution in [1.29, 1.82) is 0 Å². The zero-order chi connectivity index (χ0) is 20.4. The van der Waals surface area contributed by atoms with Crippen LogP contribution in [0.2, 0.25) is 5.02 Å². The number of hydrogen-bond donors (Lipinski definition) is 1. The van der Waals surface area contributed by atoms with Gasteiger partial charge in [-0.1, -0.05) is 23.7 Å². The summed E-state index contributed by atoms with van der Waals surface area (Å²) in [4.78, 5) is 17.0. The molecule has 0 saturated carbocycles. The summed E-state index contributed by atoms with van der Waals surface area (Å²) in [5.74, 6) is 0.490. The van der Waals surface area contributed by atoms with E-state index in [1.54, 1.807) is 18.5 Å². The lowest BCUT2D eigenvalue weighted by atomic mass is 10.1.